The molecule has 0 spiro atoms. The maximum absolute atomic E-state index is 6.81. The zero-order valence-corrected chi connectivity index (χ0v) is 25.8. The molecule has 0 fully saturated rings. The van der Waals surface area contributed by atoms with E-state index in [1.807, 2.05) is 48.5 Å². The molecule has 0 saturated carbocycles. The second-order valence-corrected chi connectivity index (χ2v) is 12.2. The van der Waals surface area contributed by atoms with Crippen molar-refractivity contribution < 1.29 is 4.42 Å². The largest absolute Gasteiger partial charge is 0.454 e. The van der Waals surface area contributed by atoms with Crippen LogP contribution in [0.4, 0.5) is 0 Å². The number of fused-ring (bicyclic) bond motifs is 7. The highest BCUT2D eigenvalue weighted by atomic mass is 16.3. The Balaban J connectivity index is 1.25. The molecule has 5 heteroatoms. The molecule has 7 aromatic carbocycles. The maximum atomic E-state index is 6.81. The van der Waals surface area contributed by atoms with Gasteiger partial charge < -0.3 is 14.3 Å². The molecule has 1 N–H and O–H groups in total. The quantitative estimate of drug-likeness (QED) is 0.214. The first-order chi connectivity index (χ1) is 23.8. The summed E-state index contributed by atoms with van der Waals surface area (Å²) in [6.45, 7) is 0. The van der Waals surface area contributed by atoms with Gasteiger partial charge >= 0.3 is 0 Å². The third-order valence-electron chi connectivity index (χ3n) is 9.43. The summed E-state index contributed by atoms with van der Waals surface area (Å²) in [5.74, 6) is 1.45. The number of aliphatic imine (C=N–C) groups is 2. The molecule has 2 aromatic heterocycles. The van der Waals surface area contributed by atoms with E-state index in [-0.39, 0.29) is 6.17 Å². The van der Waals surface area contributed by atoms with E-state index < -0.39 is 0 Å². The zero-order chi connectivity index (χ0) is 31.6. The Bertz CT molecular complexity index is 2750. The Morgan fingerprint density at radius 3 is 2.10 bits per heavy atom. The lowest BCUT2D eigenvalue weighted by Gasteiger charge is -2.24. The van der Waals surface area contributed by atoms with Crippen molar-refractivity contribution in [3.63, 3.8) is 0 Å². The molecule has 1 atom stereocenters. The van der Waals surface area contributed by atoms with Gasteiger partial charge in [-0.3, -0.25) is 0 Å². The Kier molecular flexibility index (Phi) is 5.87. The van der Waals surface area contributed by atoms with E-state index in [0.29, 0.717) is 5.84 Å². The number of furan rings is 1. The summed E-state index contributed by atoms with van der Waals surface area (Å²) < 4.78 is 9.17. The van der Waals surface area contributed by atoms with Gasteiger partial charge in [0, 0.05) is 32.7 Å². The molecule has 1 aliphatic heterocycles. The van der Waals surface area contributed by atoms with Crippen LogP contribution in [0, 0.1) is 0 Å². The molecule has 3 heterocycles. The van der Waals surface area contributed by atoms with Gasteiger partial charge in [0.15, 0.2) is 11.4 Å². The van der Waals surface area contributed by atoms with Crippen LogP contribution in [0.2, 0.25) is 0 Å². The van der Waals surface area contributed by atoms with Crippen molar-refractivity contribution in [2.45, 2.75) is 6.17 Å². The van der Waals surface area contributed by atoms with Gasteiger partial charge in [0.2, 0.25) is 0 Å². The number of nitrogens with zero attached hydrogens (tertiary/aromatic N) is 3. The van der Waals surface area contributed by atoms with Crippen molar-refractivity contribution in [2.24, 2.45) is 9.98 Å². The highest BCUT2D eigenvalue weighted by Gasteiger charge is 2.26. The lowest BCUT2D eigenvalue weighted by atomic mass is 10.0. The standard InChI is InChI=1S/C43H28N4O/c1-3-13-27(14-4-1)41-44-42(28-15-5-2-6-16-28)46-43(45-41)33-23-24-36(40-39(33)32-20-10-12-22-38(32)48-40)47-35-21-11-9-19-31(35)34-25-29-17-7-8-18-30(29)26-37(34)47/h1-26,41H,(H,44,45,46). The van der Waals surface area contributed by atoms with Gasteiger partial charge in [0.1, 0.15) is 17.6 Å². The van der Waals surface area contributed by atoms with E-state index >= 15 is 0 Å². The molecule has 1 aliphatic rings. The van der Waals surface area contributed by atoms with Crippen molar-refractivity contribution >= 4 is 66.2 Å². The van der Waals surface area contributed by atoms with E-state index in [4.69, 9.17) is 14.4 Å². The Morgan fingerprint density at radius 1 is 0.583 bits per heavy atom. The minimum atomic E-state index is -0.299. The highest BCUT2D eigenvalue weighted by Crippen LogP contribution is 2.41. The molecule has 0 radical (unpaired) electrons. The lowest BCUT2D eigenvalue weighted by Crippen LogP contribution is -2.33. The van der Waals surface area contributed by atoms with Crippen molar-refractivity contribution in [2.75, 3.05) is 0 Å². The molecule has 9 aromatic rings. The van der Waals surface area contributed by atoms with Gasteiger partial charge in [-0.15, -0.1) is 0 Å². The number of amidine groups is 2. The monoisotopic (exact) mass is 616 g/mol. The van der Waals surface area contributed by atoms with Crippen LogP contribution in [0.15, 0.2) is 172 Å². The molecular formula is C43H28N4O. The number of hydrogen-bond acceptors (Lipinski definition) is 4. The molecule has 1 unspecified atom stereocenters. The fourth-order valence-electron chi connectivity index (χ4n) is 7.21. The van der Waals surface area contributed by atoms with Gasteiger partial charge in [-0.1, -0.05) is 121 Å². The average molecular weight is 617 g/mol. The van der Waals surface area contributed by atoms with Crippen LogP contribution in [-0.2, 0) is 0 Å². The number of benzene rings is 7. The van der Waals surface area contributed by atoms with Crippen molar-refractivity contribution in [1.29, 1.82) is 0 Å². The second-order valence-electron chi connectivity index (χ2n) is 12.2. The molecule has 226 valence electrons. The zero-order valence-electron chi connectivity index (χ0n) is 25.8. The van der Waals surface area contributed by atoms with E-state index in [1.165, 1.54) is 21.5 Å². The normalized spacial score (nSPS) is 14.9. The molecule has 0 amide bonds. The summed E-state index contributed by atoms with van der Waals surface area (Å²) in [5.41, 5.74) is 7.91. The molecule has 0 aliphatic carbocycles. The molecule has 5 nitrogen and oxygen atoms in total. The molecule has 48 heavy (non-hydrogen) atoms. The number of nitrogens with one attached hydrogen (secondary N) is 1. The third kappa shape index (κ3) is 4.11. The SMILES string of the molecule is c1ccc(C2=NC(c3ccccc3)NC(c3ccc(-n4c5ccccc5c5cc6ccccc6cc54)c4oc5ccccc5c34)=N2)cc1. The van der Waals surface area contributed by atoms with Crippen molar-refractivity contribution in [1.82, 2.24) is 9.88 Å². The van der Waals surface area contributed by atoms with Gasteiger partial charge in [-0.2, -0.15) is 0 Å². The number of rotatable bonds is 4. The van der Waals surface area contributed by atoms with Crippen molar-refractivity contribution in [3.05, 3.63) is 174 Å². The second kappa shape index (κ2) is 10.5. The van der Waals surface area contributed by atoms with E-state index in [9.17, 15) is 0 Å². The number of aromatic nitrogens is 1. The summed E-state index contributed by atoms with van der Waals surface area (Å²) in [4.78, 5) is 10.2. The van der Waals surface area contributed by atoms with Crippen LogP contribution in [0.3, 0.4) is 0 Å². The minimum Gasteiger partial charge on any atom is -0.454 e. The van der Waals surface area contributed by atoms with Gasteiger partial charge in [-0.25, -0.2) is 9.98 Å². The maximum Gasteiger partial charge on any atom is 0.160 e. The van der Waals surface area contributed by atoms with Crippen LogP contribution in [-0.4, -0.2) is 16.2 Å². The first kappa shape index (κ1) is 26.7. The summed E-state index contributed by atoms with van der Waals surface area (Å²) in [6, 6.07) is 54.9. The number of hydrogen-bond donors (Lipinski definition) is 1. The third-order valence-corrected chi connectivity index (χ3v) is 9.43. The molecule has 0 saturated heterocycles. The predicted molar refractivity (Wildman–Crippen MR) is 197 cm³/mol. The Morgan fingerprint density at radius 2 is 1.27 bits per heavy atom. The summed E-state index contributed by atoms with van der Waals surface area (Å²) in [6.07, 6.45) is -0.299. The molecule has 0 bridgehead atoms. The Hall–Kier alpha value is -6.46. The number of para-hydroxylation sites is 2. The Labute approximate surface area is 276 Å². The van der Waals surface area contributed by atoms with Crippen molar-refractivity contribution in [3.8, 4) is 5.69 Å². The van der Waals surface area contributed by atoms with Gasteiger partial charge in [-0.05, 0) is 52.7 Å². The van der Waals surface area contributed by atoms with E-state index in [0.717, 1.165) is 61.2 Å². The average Bonchev–Trinajstić information content (AvgIpc) is 3.70. The van der Waals surface area contributed by atoms with Crippen LogP contribution in [0.25, 0.3) is 60.2 Å². The fourth-order valence-corrected chi connectivity index (χ4v) is 7.21. The van der Waals surface area contributed by atoms with E-state index in [2.05, 4.69) is 119 Å². The smallest absolute Gasteiger partial charge is 0.160 e. The van der Waals surface area contributed by atoms with E-state index in [1.54, 1.807) is 0 Å². The van der Waals surface area contributed by atoms with Crippen LogP contribution >= 0.6 is 0 Å². The predicted octanol–water partition coefficient (Wildman–Crippen LogP) is 10.3. The van der Waals surface area contributed by atoms with Gasteiger partial charge in [0.05, 0.1) is 16.7 Å². The summed E-state index contributed by atoms with van der Waals surface area (Å²) in [7, 11) is 0. The summed E-state index contributed by atoms with van der Waals surface area (Å²) in [5, 5.41) is 10.6. The minimum absolute atomic E-state index is 0.299. The molecule has 10 rings (SSSR count). The van der Waals surface area contributed by atoms with Crippen LogP contribution < -0.4 is 5.32 Å². The van der Waals surface area contributed by atoms with Crippen LogP contribution in [0.1, 0.15) is 22.9 Å². The van der Waals surface area contributed by atoms with Crippen LogP contribution in [0.5, 0.6) is 0 Å². The fraction of sp³-hybridized carbons (Fsp3) is 0.0233. The molecular weight excluding hydrogens is 589 g/mol. The first-order valence-electron chi connectivity index (χ1n) is 16.2. The summed E-state index contributed by atoms with van der Waals surface area (Å²) >= 11 is 0. The highest BCUT2D eigenvalue weighted by molar-refractivity contribution is 6.23. The first-order valence-corrected chi connectivity index (χ1v) is 16.2. The lowest BCUT2D eigenvalue weighted by molar-refractivity contribution is 0.665. The van der Waals surface area contributed by atoms with Gasteiger partial charge in [0.25, 0.3) is 0 Å². The topological polar surface area (TPSA) is 54.8 Å².